The minimum absolute atomic E-state index is 0.0628. The predicted octanol–water partition coefficient (Wildman–Crippen LogP) is 1.52. The number of carboxylic acid groups (broad SMARTS) is 1. The third kappa shape index (κ3) is 3.31. The minimum Gasteiger partial charge on any atom is -0.481 e. The standard InChI is InChI=1S/C13H15NO3/c15-12(6-7-13(16)17)14-11-8-10(11)9-4-2-1-3-5-9/h1-5,10-11H,6-8H2,(H,14,15)(H,16,17). The average molecular weight is 233 g/mol. The van der Waals surface area contributed by atoms with Gasteiger partial charge in [-0.05, 0) is 12.0 Å². The molecule has 0 spiro atoms. The van der Waals surface area contributed by atoms with Gasteiger partial charge in [0.25, 0.3) is 0 Å². The summed E-state index contributed by atoms with van der Waals surface area (Å²) < 4.78 is 0. The zero-order valence-corrected chi connectivity index (χ0v) is 9.43. The first-order valence-electron chi connectivity index (χ1n) is 5.73. The normalized spacial score (nSPS) is 21.9. The van der Waals surface area contributed by atoms with Gasteiger partial charge in [-0.2, -0.15) is 0 Å². The Labute approximate surface area is 99.6 Å². The molecule has 1 aliphatic rings. The molecule has 1 fully saturated rings. The molecule has 90 valence electrons. The molecular formula is C13H15NO3. The third-order valence-corrected chi connectivity index (χ3v) is 2.93. The van der Waals surface area contributed by atoms with E-state index >= 15 is 0 Å². The second-order valence-corrected chi connectivity index (χ2v) is 4.32. The zero-order valence-electron chi connectivity index (χ0n) is 9.43. The van der Waals surface area contributed by atoms with Crippen molar-refractivity contribution in [1.29, 1.82) is 0 Å². The molecule has 1 saturated carbocycles. The van der Waals surface area contributed by atoms with Crippen LogP contribution in [0.4, 0.5) is 0 Å². The van der Waals surface area contributed by atoms with Crippen molar-refractivity contribution in [2.24, 2.45) is 0 Å². The third-order valence-electron chi connectivity index (χ3n) is 2.93. The lowest BCUT2D eigenvalue weighted by Gasteiger charge is -2.03. The van der Waals surface area contributed by atoms with Crippen LogP contribution in [-0.4, -0.2) is 23.0 Å². The first-order chi connectivity index (χ1) is 8.16. The zero-order chi connectivity index (χ0) is 12.3. The molecule has 0 bridgehead atoms. The number of rotatable bonds is 5. The largest absolute Gasteiger partial charge is 0.481 e. The molecule has 0 aromatic heterocycles. The molecule has 1 aromatic carbocycles. The molecule has 0 aliphatic heterocycles. The maximum Gasteiger partial charge on any atom is 0.303 e. The monoisotopic (exact) mass is 233 g/mol. The maximum absolute atomic E-state index is 11.4. The molecule has 4 nitrogen and oxygen atoms in total. The van der Waals surface area contributed by atoms with Crippen LogP contribution in [0.15, 0.2) is 30.3 Å². The summed E-state index contributed by atoms with van der Waals surface area (Å²) in [6, 6.07) is 10.2. The van der Waals surface area contributed by atoms with Gasteiger partial charge in [-0.15, -0.1) is 0 Å². The van der Waals surface area contributed by atoms with Crippen molar-refractivity contribution in [3.05, 3.63) is 35.9 Å². The van der Waals surface area contributed by atoms with Crippen LogP contribution in [-0.2, 0) is 9.59 Å². The van der Waals surface area contributed by atoms with Gasteiger partial charge < -0.3 is 10.4 Å². The molecule has 2 unspecified atom stereocenters. The highest BCUT2D eigenvalue weighted by molar-refractivity contribution is 5.81. The van der Waals surface area contributed by atoms with E-state index in [1.165, 1.54) is 5.56 Å². The Morgan fingerprint density at radius 2 is 1.94 bits per heavy atom. The van der Waals surface area contributed by atoms with Crippen molar-refractivity contribution >= 4 is 11.9 Å². The first kappa shape index (κ1) is 11.6. The van der Waals surface area contributed by atoms with Crippen LogP contribution in [0.3, 0.4) is 0 Å². The summed E-state index contributed by atoms with van der Waals surface area (Å²) in [5.41, 5.74) is 1.23. The van der Waals surface area contributed by atoms with Crippen molar-refractivity contribution in [2.75, 3.05) is 0 Å². The summed E-state index contributed by atoms with van der Waals surface area (Å²) >= 11 is 0. The molecule has 1 aromatic rings. The molecule has 2 atom stereocenters. The van der Waals surface area contributed by atoms with Gasteiger partial charge in [-0.3, -0.25) is 9.59 Å². The number of carbonyl (C=O) groups is 2. The summed E-state index contributed by atoms with van der Waals surface area (Å²) in [5.74, 6) is -0.712. The van der Waals surface area contributed by atoms with Gasteiger partial charge in [0.15, 0.2) is 0 Å². The van der Waals surface area contributed by atoms with E-state index < -0.39 is 5.97 Å². The lowest BCUT2D eigenvalue weighted by molar-refractivity contribution is -0.138. The number of aliphatic carboxylic acids is 1. The molecule has 1 aliphatic carbocycles. The molecule has 0 saturated heterocycles. The number of hydrogen-bond donors (Lipinski definition) is 2. The predicted molar refractivity (Wildman–Crippen MR) is 62.6 cm³/mol. The number of nitrogens with one attached hydrogen (secondary N) is 1. The van der Waals surface area contributed by atoms with Gasteiger partial charge in [0, 0.05) is 18.4 Å². The second-order valence-electron chi connectivity index (χ2n) is 4.32. The minimum atomic E-state index is -0.935. The topological polar surface area (TPSA) is 66.4 Å². The summed E-state index contributed by atoms with van der Waals surface area (Å²) in [7, 11) is 0. The van der Waals surface area contributed by atoms with E-state index in [2.05, 4.69) is 5.32 Å². The van der Waals surface area contributed by atoms with Crippen molar-refractivity contribution in [3.63, 3.8) is 0 Å². The second kappa shape index (κ2) is 4.99. The molecular weight excluding hydrogens is 218 g/mol. The van der Waals surface area contributed by atoms with Crippen LogP contribution in [0.5, 0.6) is 0 Å². The number of hydrogen-bond acceptors (Lipinski definition) is 2. The Kier molecular flexibility index (Phi) is 3.42. The highest BCUT2D eigenvalue weighted by Crippen LogP contribution is 2.40. The quantitative estimate of drug-likeness (QED) is 0.810. The van der Waals surface area contributed by atoms with Gasteiger partial charge >= 0.3 is 5.97 Å². The van der Waals surface area contributed by atoms with Crippen LogP contribution < -0.4 is 5.32 Å². The van der Waals surface area contributed by atoms with Gasteiger partial charge in [0.2, 0.25) is 5.91 Å². The molecule has 0 heterocycles. The summed E-state index contributed by atoms with van der Waals surface area (Å²) in [6.07, 6.45) is 0.907. The van der Waals surface area contributed by atoms with Crippen molar-refractivity contribution < 1.29 is 14.7 Å². The van der Waals surface area contributed by atoms with E-state index in [0.717, 1.165) is 6.42 Å². The van der Waals surface area contributed by atoms with Gasteiger partial charge in [0.05, 0.1) is 6.42 Å². The van der Waals surface area contributed by atoms with E-state index in [4.69, 9.17) is 5.11 Å². The fourth-order valence-corrected chi connectivity index (χ4v) is 1.92. The molecule has 1 amide bonds. The van der Waals surface area contributed by atoms with E-state index in [1.807, 2.05) is 30.3 Å². The van der Waals surface area contributed by atoms with Crippen molar-refractivity contribution in [3.8, 4) is 0 Å². The van der Waals surface area contributed by atoms with Gasteiger partial charge in [-0.1, -0.05) is 30.3 Å². The fraction of sp³-hybridized carbons (Fsp3) is 0.385. The SMILES string of the molecule is O=C(O)CCC(=O)NC1CC1c1ccccc1. The molecule has 4 heteroatoms. The Bertz CT molecular complexity index is 416. The van der Waals surface area contributed by atoms with E-state index in [9.17, 15) is 9.59 Å². The highest BCUT2D eigenvalue weighted by atomic mass is 16.4. The van der Waals surface area contributed by atoms with Crippen LogP contribution >= 0.6 is 0 Å². The van der Waals surface area contributed by atoms with Crippen molar-refractivity contribution in [2.45, 2.75) is 31.2 Å². The first-order valence-corrected chi connectivity index (χ1v) is 5.73. The fourth-order valence-electron chi connectivity index (χ4n) is 1.92. The number of amides is 1. The lowest BCUT2D eigenvalue weighted by Crippen LogP contribution is -2.26. The summed E-state index contributed by atoms with van der Waals surface area (Å²) in [4.78, 5) is 21.7. The highest BCUT2D eigenvalue weighted by Gasteiger charge is 2.39. The van der Waals surface area contributed by atoms with Crippen LogP contribution in [0, 0.1) is 0 Å². The Hall–Kier alpha value is -1.84. The number of carbonyl (C=O) groups excluding carboxylic acids is 1. The Balaban J connectivity index is 1.76. The molecule has 17 heavy (non-hydrogen) atoms. The summed E-state index contributed by atoms with van der Waals surface area (Å²) in [6.45, 7) is 0. The summed E-state index contributed by atoms with van der Waals surface area (Å²) in [5, 5.41) is 11.3. The lowest BCUT2D eigenvalue weighted by atomic mass is 10.1. The number of benzene rings is 1. The van der Waals surface area contributed by atoms with E-state index in [-0.39, 0.29) is 24.8 Å². The Morgan fingerprint density at radius 3 is 2.59 bits per heavy atom. The van der Waals surface area contributed by atoms with Crippen LogP contribution in [0.25, 0.3) is 0 Å². The van der Waals surface area contributed by atoms with Gasteiger partial charge in [-0.25, -0.2) is 0 Å². The molecule has 0 radical (unpaired) electrons. The number of carboxylic acids is 1. The molecule has 2 N–H and O–H groups in total. The maximum atomic E-state index is 11.4. The van der Waals surface area contributed by atoms with E-state index in [0.29, 0.717) is 5.92 Å². The smallest absolute Gasteiger partial charge is 0.303 e. The molecule has 2 rings (SSSR count). The average Bonchev–Trinajstić information content (AvgIpc) is 3.07. The van der Waals surface area contributed by atoms with E-state index in [1.54, 1.807) is 0 Å². The van der Waals surface area contributed by atoms with Crippen LogP contribution in [0.1, 0.15) is 30.7 Å². The van der Waals surface area contributed by atoms with Gasteiger partial charge in [0.1, 0.15) is 0 Å². The Morgan fingerprint density at radius 1 is 1.24 bits per heavy atom. The van der Waals surface area contributed by atoms with Crippen LogP contribution in [0.2, 0.25) is 0 Å². The van der Waals surface area contributed by atoms with Crippen molar-refractivity contribution in [1.82, 2.24) is 5.32 Å².